The molecule has 2 aromatic carbocycles. The van der Waals surface area contributed by atoms with Crippen LogP contribution in [0.1, 0.15) is 5.56 Å². The number of nitrogens with zero attached hydrogens (tertiary/aromatic N) is 3. The summed E-state index contributed by atoms with van der Waals surface area (Å²) in [5.74, 6) is 0. The highest BCUT2D eigenvalue weighted by atomic mass is 35.5. The number of pyridine rings is 1. The molecule has 0 N–H and O–H groups in total. The van der Waals surface area contributed by atoms with Crippen LogP contribution >= 0.6 is 23.2 Å². The van der Waals surface area contributed by atoms with Crippen LogP contribution in [0.25, 0.3) is 10.9 Å². The molecule has 1 aromatic heterocycles. The van der Waals surface area contributed by atoms with Crippen molar-refractivity contribution in [2.24, 2.45) is 0 Å². The van der Waals surface area contributed by atoms with Crippen molar-refractivity contribution in [3.8, 4) is 0 Å². The summed E-state index contributed by atoms with van der Waals surface area (Å²) < 4.78 is 0. The van der Waals surface area contributed by atoms with Crippen molar-refractivity contribution >= 4 is 39.8 Å². The lowest BCUT2D eigenvalue weighted by atomic mass is 10.1. The molecule has 5 heteroatoms. The molecule has 0 radical (unpaired) electrons. The van der Waals surface area contributed by atoms with Gasteiger partial charge >= 0.3 is 0 Å². The number of aromatic nitrogens is 1. The van der Waals surface area contributed by atoms with Crippen LogP contribution < -0.4 is 4.90 Å². The van der Waals surface area contributed by atoms with Crippen LogP contribution in [0.5, 0.6) is 0 Å². The number of hydrogen-bond acceptors (Lipinski definition) is 3. The predicted octanol–water partition coefficient (Wildman–Crippen LogP) is 4.86. The number of para-hydroxylation sites is 2. The second-order valence-corrected chi connectivity index (χ2v) is 7.11. The minimum absolute atomic E-state index is 0.604. The fourth-order valence-corrected chi connectivity index (χ4v) is 3.80. The molecule has 1 aliphatic rings. The van der Waals surface area contributed by atoms with Crippen LogP contribution in [0.4, 0.5) is 5.69 Å². The smallest absolute Gasteiger partial charge is 0.134 e. The lowest BCUT2D eigenvalue weighted by Crippen LogP contribution is -2.46. The molecular formula is C20H19Cl2N3. The van der Waals surface area contributed by atoms with Crippen molar-refractivity contribution in [1.29, 1.82) is 0 Å². The second kappa shape index (κ2) is 7.20. The molecule has 0 unspecified atom stereocenters. The summed E-state index contributed by atoms with van der Waals surface area (Å²) in [6, 6.07) is 18.3. The van der Waals surface area contributed by atoms with E-state index in [-0.39, 0.29) is 0 Å². The molecule has 0 atom stereocenters. The van der Waals surface area contributed by atoms with Crippen molar-refractivity contribution in [3.63, 3.8) is 0 Å². The van der Waals surface area contributed by atoms with Gasteiger partial charge in [0.05, 0.1) is 16.2 Å². The van der Waals surface area contributed by atoms with Gasteiger partial charge in [-0.05, 0) is 24.3 Å². The third-order valence-corrected chi connectivity index (χ3v) is 5.36. The van der Waals surface area contributed by atoms with E-state index in [1.807, 2.05) is 36.4 Å². The average molecular weight is 372 g/mol. The number of rotatable bonds is 3. The molecule has 25 heavy (non-hydrogen) atoms. The second-order valence-electron chi connectivity index (χ2n) is 6.35. The zero-order valence-corrected chi connectivity index (χ0v) is 15.3. The molecule has 2 heterocycles. The largest absolute Gasteiger partial charge is 0.368 e. The molecule has 1 saturated heterocycles. The van der Waals surface area contributed by atoms with Crippen LogP contribution in [0.2, 0.25) is 10.2 Å². The summed E-state index contributed by atoms with van der Waals surface area (Å²) in [5.41, 5.74) is 3.15. The van der Waals surface area contributed by atoms with E-state index in [4.69, 9.17) is 23.2 Å². The minimum atomic E-state index is 0.604. The molecule has 0 aliphatic carbocycles. The van der Waals surface area contributed by atoms with Crippen molar-refractivity contribution in [2.75, 3.05) is 31.1 Å². The van der Waals surface area contributed by atoms with Gasteiger partial charge in [0.1, 0.15) is 5.15 Å². The molecule has 1 fully saturated rings. The van der Waals surface area contributed by atoms with Gasteiger partial charge in [-0.15, -0.1) is 0 Å². The summed E-state index contributed by atoms with van der Waals surface area (Å²) in [6.45, 7) is 4.71. The molecule has 3 nitrogen and oxygen atoms in total. The maximum absolute atomic E-state index is 6.40. The summed E-state index contributed by atoms with van der Waals surface area (Å²) in [5, 5.41) is 2.56. The van der Waals surface area contributed by atoms with Gasteiger partial charge in [0, 0.05) is 43.7 Å². The fourth-order valence-electron chi connectivity index (χ4n) is 3.34. The van der Waals surface area contributed by atoms with E-state index in [0.29, 0.717) is 5.15 Å². The van der Waals surface area contributed by atoms with E-state index in [9.17, 15) is 0 Å². The Labute approximate surface area is 157 Å². The Bertz CT molecular complexity index is 889. The van der Waals surface area contributed by atoms with Gasteiger partial charge in [-0.1, -0.05) is 53.5 Å². The number of benzene rings is 2. The first-order chi connectivity index (χ1) is 12.2. The predicted molar refractivity (Wildman–Crippen MR) is 106 cm³/mol. The molecule has 0 amide bonds. The zero-order valence-electron chi connectivity index (χ0n) is 13.8. The van der Waals surface area contributed by atoms with Crippen LogP contribution in [0.3, 0.4) is 0 Å². The Morgan fingerprint density at radius 3 is 2.40 bits per heavy atom. The van der Waals surface area contributed by atoms with Gasteiger partial charge in [-0.3, -0.25) is 4.90 Å². The number of halogens is 2. The Balaban J connectivity index is 1.45. The summed E-state index contributed by atoms with van der Waals surface area (Å²) in [4.78, 5) is 9.29. The van der Waals surface area contributed by atoms with Crippen LogP contribution in [-0.4, -0.2) is 36.1 Å². The normalized spacial score (nSPS) is 15.7. The van der Waals surface area contributed by atoms with Gasteiger partial charge in [0.15, 0.2) is 0 Å². The third kappa shape index (κ3) is 3.59. The topological polar surface area (TPSA) is 19.4 Å². The summed E-state index contributed by atoms with van der Waals surface area (Å²) in [6.07, 6.45) is 0. The van der Waals surface area contributed by atoms with Crippen molar-refractivity contribution in [2.45, 2.75) is 6.54 Å². The SMILES string of the molecule is Clc1ccccc1N1CCN(Cc2cc3ccccc3nc2Cl)CC1. The van der Waals surface area contributed by atoms with Crippen LogP contribution in [0.15, 0.2) is 54.6 Å². The van der Waals surface area contributed by atoms with Gasteiger partial charge in [-0.25, -0.2) is 4.98 Å². The first-order valence-corrected chi connectivity index (χ1v) is 9.22. The quantitative estimate of drug-likeness (QED) is 0.612. The fraction of sp³-hybridized carbons (Fsp3) is 0.250. The highest BCUT2D eigenvalue weighted by Gasteiger charge is 2.19. The van der Waals surface area contributed by atoms with Crippen LogP contribution in [-0.2, 0) is 6.54 Å². The lowest BCUT2D eigenvalue weighted by Gasteiger charge is -2.36. The van der Waals surface area contributed by atoms with Crippen molar-refractivity contribution in [3.05, 3.63) is 70.3 Å². The lowest BCUT2D eigenvalue weighted by molar-refractivity contribution is 0.250. The maximum atomic E-state index is 6.40. The zero-order chi connectivity index (χ0) is 17.2. The number of fused-ring (bicyclic) bond motifs is 1. The van der Waals surface area contributed by atoms with E-state index in [1.165, 1.54) is 0 Å². The summed E-state index contributed by atoms with van der Waals surface area (Å²) >= 11 is 12.7. The molecule has 128 valence electrons. The number of piperazine rings is 1. The van der Waals surface area contributed by atoms with Gasteiger partial charge in [-0.2, -0.15) is 0 Å². The van der Waals surface area contributed by atoms with Crippen molar-refractivity contribution in [1.82, 2.24) is 9.88 Å². The third-order valence-electron chi connectivity index (χ3n) is 4.71. The maximum Gasteiger partial charge on any atom is 0.134 e. The highest BCUT2D eigenvalue weighted by molar-refractivity contribution is 6.33. The molecule has 1 aliphatic heterocycles. The number of hydrogen-bond donors (Lipinski definition) is 0. The molecule has 0 saturated carbocycles. The van der Waals surface area contributed by atoms with Crippen molar-refractivity contribution < 1.29 is 0 Å². The molecule has 3 aromatic rings. The molecule has 4 rings (SSSR count). The Morgan fingerprint density at radius 1 is 0.880 bits per heavy atom. The van der Waals surface area contributed by atoms with E-state index in [2.05, 4.69) is 33.0 Å². The first-order valence-electron chi connectivity index (χ1n) is 8.47. The first kappa shape index (κ1) is 16.6. The van der Waals surface area contributed by atoms with E-state index in [0.717, 1.165) is 59.9 Å². The molecule has 0 spiro atoms. The monoisotopic (exact) mass is 371 g/mol. The standard InChI is InChI=1S/C20H19Cl2N3/c21-17-6-2-4-8-19(17)25-11-9-24(10-12-25)14-16-13-15-5-1-3-7-18(15)23-20(16)22/h1-8,13H,9-12,14H2. The average Bonchev–Trinajstić information content (AvgIpc) is 2.63. The Hall–Kier alpha value is -1.81. The minimum Gasteiger partial charge on any atom is -0.368 e. The van der Waals surface area contributed by atoms with Gasteiger partial charge < -0.3 is 4.90 Å². The van der Waals surface area contributed by atoms with E-state index >= 15 is 0 Å². The molecule has 0 bridgehead atoms. The number of anilines is 1. The Morgan fingerprint density at radius 2 is 1.60 bits per heavy atom. The van der Waals surface area contributed by atoms with Gasteiger partial charge in [0.25, 0.3) is 0 Å². The molecular weight excluding hydrogens is 353 g/mol. The highest BCUT2D eigenvalue weighted by Crippen LogP contribution is 2.27. The van der Waals surface area contributed by atoms with Crippen LogP contribution in [0, 0.1) is 0 Å². The Kier molecular flexibility index (Phi) is 4.80. The van der Waals surface area contributed by atoms with Gasteiger partial charge in [0.2, 0.25) is 0 Å². The van der Waals surface area contributed by atoms with E-state index in [1.54, 1.807) is 0 Å². The van der Waals surface area contributed by atoms with E-state index < -0.39 is 0 Å². The summed E-state index contributed by atoms with van der Waals surface area (Å²) in [7, 11) is 0.